The summed E-state index contributed by atoms with van der Waals surface area (Å²) in [6.45, 7) is 4.53. The topological polar surface area (TPSA) is 58.6 Å². The fraction of sp³-hybridized carbons (Fsp3) is 0.500. The third-order valence-corrected chi connectivity index (χ3v) is 6.66. The van der Waals surface area contributed by atoms with Crippen LogP contribution in [0.2, 0.25) is 0 Å². The number of aryl methyl sites for hydroxylation is 2. The van der Waals surface area contributed by atoms with Crippen molar-refractivity contribution in [1.29, 1.82) is 0 Å². The molecule has 0 saturated heterocycles. The van der Waals surface area contributed by atoms with E-state index in [1.165, 1.54) is 5.56 Å². The van der Waals surface area contributed by atoms with Crippen LogP contribution in [0.4, 0.5) is 0 Å². The van der Waals surface area contributed by atoms with Crippen molar-refractivity contribution in [3.05, 3.63) is 65.2 Å². The predicted molar refractivity (Wildman–Crippen MR) is 132 cm³/mol. The summed E-state index contributed by atoms with van der Waals surface area (Å²) in [5.41, 5.74) is 3.43. The number of carbonyl (C=O) groups is 2. The van der Waals surface area contributed by atoms with Gasteiger partial charge in [-0.25, -0.2) is 0 Å². The average molecular weight is 451 g/mol. The molecule has 3 rings (SSSR count). The van der Waals surface area contributed by atoms with Crippen molar-refractivity contribution in [2.45, 2.75) is 83.8 Å². The van der Waals surface area contributed by atoms with Crippen LogP contribution < -0.4 is 10.1 Å². The lowest BCUT2D eigenvalue weighted by atomic mass is 10.0. The van der Waals surface area contributed by atoms with Crippen molar-refractivity contribution in [3.63, 3.8) is 0 Å². The second kappa shape index (κ2) is 12.4. The number of rotatable bonds is 11. The van der Waals surface area contributed by atoms with Gasteiger partial charge in [-0.1, -0.05) is 63.1 Å². The largest absolute Gasteiger partial charge is 0.497 e. The number of benzene rings is 2. The van der Waals surface area contributed by atoms with E-state index in [1.54, 1.807) is 12.0 Å². The Morgan fingerprint density at radius 3 is 2.15 bits per heavy atom. The minimum absolute atomic E-state index is 0.0128. The van der Waals surface area contributed by atoms with Crippen LogP contribution in [-0.2, 0) is 29.0 Å². The van der Waals surface area contributed by atoms with Crippen molar-refractivity contribution in [1.82, 2.24) is 10.2 Å². The molecule has 0 aliphatic heterocycles. The molecule has 0 heterocycles. The van der Waals surface area contributed by atoms with Gasteiger partial charge in [0.25, 0.3) is 0 Å². The number of methoxy groups -OCH3 is 1. The second-order valence-electron chi connectivity index (χ2n) is 8.95. The lowest BCUT2D eigenvalue weighted by Crippen LogP contribution is -2.51. The predicted octanol–water partition coefficient (Wildman–Crippen LogP) is 5.06. The quantitative estimate of drug-likeness (QED) is 0.521. The van der Waals surface area contributed by atoms with E-state index in [2.05, 4.69) is 36.5 Å². The third-order valence-electron chi connectivity index (χ3n) is 6.66. The maximum Gasteiger partial charge on any atom is 0.243 e. The Kier molecular flexibility index (Phi) is 9.35. The molecule has 178 valence electrons. The maximum atomic E-state index is 13.4. The Balaban J connectivity index is 1.74. The number of nitrogens with zero attached hydrogens (tertiary/aromatic N) is 1. The smallest absolute Gasteiger partial charge is 0.243 e. The van der Waals surface area contributed by atoms with E-state index in [9.17, 15) is 9.59 Å². The fourth-order valence-electron chi connectivity index (χ4n) is 4.55. The maximum absolute atomic E-state index is 13.4. The van der Waals surface area contributed by atoms with Crippen LogP contribution in [0.5, 0.6) is 5.75 Å². The highest BCUT2D eigenvalue weighted by molar-refractivity contribution is 5.88. The number of hydrogen-bond acceptors (Lipinski definition) is 3. The van der Waals surface area contributed by atoms with Crippen LogP contribution in [-0.4, -0.2) is 35.9 Å². The first-order valence-corrected chi connectivity index (χ1v) is 12.3. The minimum atomic E-state index is -0.470. The van der Waals surface area contributed by atoms with E-state index in [1.807, 2.05) is 31.2 Å². The number of hydrogen-bond donors (Lipinski definition) is 1. The Labute approximate surface area is 198 Å². The van der Waals surface area contributed by atoms with Gasteiger partial charge in [0.15, 0.2) is 0 Å². The van der Waals surface area contributed by atoms with Gasteiger partial charge in [-0.05, 0) is 60.9 Å². The molecule has 33 heavy (non-hydrogen) atoms. The van der Waals surface area contributed by atoms with Crippen LogP contribution in [0, 0.1) is 0 Å². The van der Waals surface area contributed by atoms with Gasteiger partial charge < -0.3 is 15.0 Å². The Bertz CT molecular complexity index is 886. The van der Waals surface area contributed by atoms with Gasteiger partial charge in [0.1, 0.15) is 11.8 Å². The zero-order chi connectivity index (χ0) is 23.6. The monoisotopic (exact) mass is 450 g/mol. The zero-order valence-electron chi connectivity index (χ0n) is 20.3. The summed E-state index contributed by atoms with van der Waals surface area (Å²) in [6, 6.07) is 15.9. The molecule has 2 amide bonds. The highest BCUT2D eigenvalue weighted by atomic mass is 16.5. The summed E-state index contributed by atoms with van der Waals surface area (Å²) < 4.78 is 5.26. The molecule has 2 aromatic carbocycles. The SMILES string of the molecule is CCc1ccc(CCC(=O)N(Cc2ccc(OC)cc2)C(CC)C(=O)NC2CCCC2)cc1. The molecule has 0 radical (unpaired) electrons. The van der Waals surface area contributed by atoms with Crippen molar-refractivity contribution in [2.75, 3.05) is 7.11 Å². The Morgan fingerprint density at radius 2 is 1.58 bits per heavy atom. The number of ether oxygens (including phenoxy) is 1. The molecule has 1 N–H and O–H groups in total. The summed E-state index contributed by atoms with van der Waals surface area (Å²) in [7, 11) is 1.64. The van der Waals surface area contributed by atoms with Crippen LogP contribution in [0.1, 0.15) is 69.1 Å². The molecule has 2 aromatic rings. The Hall–Kier alpha value is -2.82. The van der Waals surface area contributed by atoms with Gasteiger partial charge in [0, 0.05) is 19.0 Å². The first-order valence-electron chi connectivity index (χ1n) is 12.3. The lowest BCUT2D eigenvalue weighted by molar-refractivity contribution is -0.141. The van der Waals surface area contributed by atoms with Gasteiger partial charge in [-0.2, -0.15) is 0 Å². The van der Waals surface area contributed by atoms with Crippen molar-refractivity contribution >= 4 is 11.8 Å². The third kappa shape index (κ3) is 7.08. The fourth-order valence-corrected chi connectivity index (χ4v) is 4.55. The van der Waals surface area contributed by atoms with Crippen molar-refractivity contribution < 1.29 is 14.3 Å². The van der Waals surface area contributed by atoms with Gasteiger partial charge in [0.05, 0.1) is 7.11 Å². The highest BCUT2D eigenvalue weighted by Gasteiger charge is 2.30. The summed E-state index contributed by atoms with van der Waals surface area (Å²) in [4.78, 5) is 28.4. The number of nitrogens with one attached hydrogen (secondary N) is 1. The van der Waals surface area contributed by atoms with E-state index >= 15 is 0 Å². The molecule has 1 aliphatic carbocycles. The molecule has 1 aliphatic rings. The minimum Gasteiger partial charge on any atom is -0.497 e. The van der Waals surface area contributed by atoms with E-state index in [4.69, 9.17) is 4.74 Å². The van der Waals surface area contributed by atoms with E-state index in [0.29, 0.717) is 25.8 Å². The molecular formula is C28H38N2O3. The molecule has 1 unspecified atom stereocenters. The molecule has 5 nitrogen and oxygen atoms in total. The van der Waals surface area contributed by atoms with E-state index in [0.717, 1.165) is 49.0 Å². The molecule has 1 saturated carbocycles. The summed E-state index contributed by atoms with van der Waals surface area (Å²) in [5, 5.41) is 3.20. The first-order chi connectivity index (χ1) is 16.0. The van der Waals surface area contributed by atoms with Crippen molar-refractivity contribution in [2.24, 2.45) is 0 Å². The molecule has 0 bridgehead atoms. The molecule has 0 spiro atoms. The summed E-state index contributed by atoms with van der Waals surface area (Å²) >= 11 is 0. The van der Waals surface area contributed by atoms with E-state index in [-0.39, 0.29) is 17.9 Å². The molecule has 1 fully saturated rings. The first kappa shape index (κ1) is 24.8. The number of carbonyl (C=O) groups excluding carboxylic acids is 2. The summed E-state index contributed by atoms with van der Waals surface area (Å²) in [6.07, 6.45) is 7.02. The van der Waals surface area contributed by atoms with Gasteiger partial charge in [-0.15, -0.1) is 0 Å². The van der Waals surface area contributed by atoms with Gasteiger partial charge >= 0.3 is 0 Å². The molecule has 0 aromatic heterocycles. The van der Waals surface area contributed by atoms with E-state index < -0.39 is 6.04 Å². The summed E-state index contributed by atoms with van der Waals surface area (Å²) in [5.74, 6) is 0.760. The average Bonchev–Trinajstić information content (AvgIpc) is 3.36. The molecule has 1 atom stereocenters. The van der Waals surface area contributed by atoms with Crippen LogP contribution >= 0.6 is 0 Å². The van der Waals surface area contributed by atoms with Gasteiger partial charge in [0.2, 0.25) is 11.8 Å². The second-order valence-corrected chi connectivity index (χ2v) is 8.95. The lowest BCUT2D eigenvalue weighted by Gasteiger charge is -2.31. The highest BCUT2D eigenvalue weighted by Crippen LogP contribution is 2.21. The number of amides is 2. The van der Waals surface area contributed by atoms with Crippen molar-refractivity contribution in [3.8, 4) is 5.75 Å². The zero-order valence-corrected chi connectivity index (χ0v) is 20.3. The van der Waals surface area contributed by atoms with Crippen LogP contribution in [0.15, 0.2) is 48.5 Å². The standard InChI is InChI=1S/C28H38N2O3/c1-4-21-10-12-22(13-11-21)16-19-27(31)30(20-23-14-17-25(33-3)18-15-23)26(5-2)28(32)29-24-8-6-7-9-24/h10-15,17-18,24,26H,4-9,16,19-20H2,1-3H3,(H,29,32). The Morgan fingerprint density at radius 1 is 0.970 bits per heavy atom. The van der Waals surface area contributed by atoms with Crippen LogP contribution in [0.25, 0.3) is 0 Å². The molecule has 5 heteroatoms. The molecular weight excluding hydrogens is 412 g/mol. The normalized spacial score (nSPS) is 14.6. The van der Waals surface area contributed by atoms with Gasteiger partial charge in [-0.3, -0.25) is 9.59 Å². The van der Waals surface area contributed by atoms with Crippen LogP contribution in [0.3, 0.4) is 0 Å².